The number of nitrogens with one attached hydrogen (secondary N) is 3. The molecule has 1 atom stereocenters. The topological polar surface area (TPSA) is 87.3 Å². The second-order valence-corrected chi connectivity index (χ2v) is 7.92. The average molecular weight is 376 g/mol. The fraction of sp³-hybridized carbons (Fsp3) is 0.562. The summed E-state index contributed by atoms with van der Waals surface area (Å²) >= 11 is 0. The SMILES string of the molecule is CC(C)NS(=O)(=O)Cc1ccccc1CNC(=O)C1CCCN1.Cl. The highest BCUT2D eigenvalue weighted by atomic mass is 35.5. The van der Waals surface area contributed by atoms with Crippen LogP contribution in [0.15, 0.2) is 24.3 Å². The quantitative estimate of drug-likeness (QED) is 0.670. The van der Waals surface area contributed by atoms with Crippen LogP contribution in [-0.2, 0) is 27.1 Å². The number of carbonyl (C=O) groups excluding carboxylic acids is 1. The van der Waals surface area contributed by atoms with Crippen LogP contribution in [0.1, 0.15) is 37.8 Å². The lowest BCUT2D eigenvalue weighted by Gasteiger charge is -2.15. The summed E-state index contributed by atoms with van der Waals surface area (Å²) in [7, 11) is -3.39. The van der Waals surface area contributed by atoms with Gasteiger partial charge in [-0.1, -0.05) is 24.3 Å². The molecule has 6 nitrogen and oxygen atoms in total. The van der Waals surface area contributed by atoms with Crippen LogP contribution in [0.5, 0.6) is 0 Å². The van der Waals surface area contributed by atoms with Crippen LogP contribution < -0.4 is 15.4 Å². The maximum atomic E-state index is 12.1. The summed E-state index contributed by atoms with van der Waals surface area (Å²) in [6.45, 7) is 4.79. The highest BCUT2D eigenvalue weighted by Crippen LogP contribution is 2.13. The molecule has 1 fully saturated rings. The minimum Gasteiger partial charge on any atom is -0.351 e. The smallest absolute Gasteiger partial charge is 0.237 e. The van der Waals surface area contributed by atoms with Crippen molar-refractivity contribution in [2.24, 2.45) is 0 Å². The van der Waals surface area contributed by atoms with Gasteiger partial charge in [-0.3, -0.25) is 4.79 Å². The van der Waals surface area contributed by atoms with E-state index in [2.05, 4.69) is 15.4 Å². The molecule has 0 radical (unpaired) electrons. The second-order valence-electron chi connectivity index (χ2n) is 6.17. The Balaban J connectivity index is 0.00000288. The van der Waals surface area contributed by atoms with Crippen molar-refractivity contribution in [3.63, 3.8) is 0 Å². The van der Waals surface area contributed by atoms with Gasteiger partial charge in [0, 0.05) is 12.6 Å². The molecule has 1 aromatic rings. The van der Waals surface area contributed by atoms with E-state index in [1.54, 1.807) is 19.9 Å². The van der Waals surface area contributed by atoms with Gasteiger partial charge >= 0.3 is 0 Å². The Morgan fingerprint density at radius 1 is 1.29 bits per heavy atom. The molecule has 136 valence electrons. The predicted octanol–water partition coefficient (Wildman–Crippen LogP) is 1.30. The Kier molecular flexibility index (Phi) is 8.15. The van der Waals surface area contributed by atoms with E-state index in [1.165, 1.54) is 0 Å². The first-order chi connectivity index (χ1) is 10.9. The van der Waals surface area contributed by atoms with Crippen LogP contribution in [0.4, 0.5) is 0 Å². The monoisotopic (exact) mass is 375 g/mol. The van der Waals surface area contributed by atoms with Gasteiger partial charge < -0.3 is 10.6 Å². The number of carbonyl (C=O) groups is 1. The highest BCUT2D eigenvalue weighted by Gasteiger charge is 2.22. The molecular weight excluding hydrogens is 350 g/mol. The first-order valence-electron chi connectivity index (χ1n) is 7.95. The first kappa shape index (κ1) is 20.9. The normalized spacial score (nSPS) is 17.5. The Bertz CT molecular complexity index is 644. The summed E-state index contributed by atoms with van der Waals surface area (Å²) < 4.78 is 26.8. The maximum Gasteiger partial charge on any atom is 0.237 e. The van der Waals surface area contributed by atoms with Crippen molar-refractivity contribution >= 4 is 28.3 Å². The van der Waals surface area contributed by atoms with Gasteiger partial charge in [0.2, 0.25) is 15.9 Å². The number of rotatable bonds is 7. The van der Waals surface area contributed by atoms with Gasteiger partial charge in [-0.2, -0.15) is 0 Å². The van der Waals surface area contributed by atoms with Gasteiger partial charge in [0.25, 0.3) is 0 Å². The minimum atomic E-state index is -3.39. The maximum absolute atomic E-state index is 12.1. The molecule has 1 aliphatic rings. The Morgan fingerprint density at radius 3 is 2.54 bits per heavy atom. The summed E-state index contributed by atoms with van der Waals surface area (Å²) in [6, 6.07) is 7.02. The molecule has 1 amide bonds. The first-order valence-corrected chi connectivity index (χ1v) is 9.60. The lowest BCUT2D eigenvalue weighted by molar-refractivity contribution is -0.122. The summed E-state index contributed by atoms with van der Waals surface area (Å²) in [5.41, 5.74) is 1.54. The van der Waals surface area contributed by atoms with Gasteiger partial charge in [0.05, 0.1) is 11.8 Å². The number of halogens is 1. The molecule has 2 rings (SSSR count). The molecule has 1 saturated heterocycles. The Morgan fingerprint density at radius 2 is 1.96 bits per heavy atom. The fourth-order valence-electron chi connectivity index (χ4n) is 2.69. The van der Waals surface area contributed by atoms with Crippen molar-refractivity contribution in [1.82, 2.24) is 15.4 Å². The van der Waals surface area contributed by atoms with Crippen LogP contribution in [0.25, 0.3) is 0 Å². The summed E-state index contributed by atoms with van der Waals surface area (Å²) in [5, 5.41) is 6.04. The number of hydrogen-bond acceptors (Lipinski definition) is 4. The van der Waals surface area contributed by atoms with E-state index in [0.29, 0.717) is 12.1 Å². The lowest BCUT2D eigenvalue weighted by atomic mass is 10.1. The van der Waals surface area contributed by atoms with E-state index in [0.717, 1.165) is 24.9 Å². The summed E-state index contributed by atoms with van der Waals surface area (Å²) in [6.07, 6.45) is 1.86. The number of sulfonamides is 1. The highest BCUT2D eigenvalue weighted by molar-refractivity contribution is 7.88. The van der Waals surface area contributed by atoms with Crippen molar-refractivity contribution in [2.75, 3.05) is 6.54 Å². The summed E-state index contributed by atoms with van der Waals surface area (Å²) in [5.74, 6) is -0.112. The van der Waals surface area contributed by atoms with Gasteiger partial charge in [-0.05, 0) is 44.4 Å². The molecule has 0 bridgehead atoms. The predicted molar refractivity (Wildman–Crippen MR) is 97.5 cm³/mol. The third-order valence-corrected chi connectivity index (χ3v) is 5.23. The van der Waals surface area contributed by atoms with E-state index in [1.807, 2.05) is 18.2 Å². The Labute approximate surface area is 150 Å². The molecule has 1 aliphatic heterocycles. The van der Waals surface area contributed by atoms with Crippen LogP contribution in [0.2, 0.25) is 0 Å². The Hall–Kier alpha value is -1.15. The molecular formula is C16H26ClN3O3S. The zero-order valence-corrected chi connectivity index (χ0v) is 15.7. The van der Waals surface area contributed by atoms with Crippen molar-refractivity contribution in [3.05, 3.63) is 35.4 Å². The molecule has 1 aromatic carbocycles. The molecule has 1 heterocycles. The van der Waals surface area contributed by atoms with Gasteiger partial charge in [0.1, 0.15) is 0 Å². The third-order valence-electron chi connectivity index (χ3n) is 3.71. The van der Waals surface area contributed by atoms with Crippen LogP contribution in [0.3, 0.4) is 0 Å². The second kappa shape index (κ2) is 9.36. The minimum absolute atomic E-state index is 0. The molecule has 24 heavy (non-hydrogen) atoms. The van der Waals surface area contributed by atoms with Crippen molar-refractivity contribution in [2.45, 2.75) is 51.1 Å². The largest absolute Gasteiger partial charge is 0.351 e. The zero-order valence-electron chi connectivity index (χ0n) is 14.0. The van der Waals surface area contributed by atoms with Crippen molar-refractivity contribution in [1.29, 1.82) is 0 Å². The van der Waals surface area contributed by atoms with E-state index < -0.39 is 10.0 Å². The van der Waals surface area contributed by atoms with E-state index in [4.69, 9.17) is 0 Å². The third kappa shape index (κ3) is 6.39. The summed E-state index contributed by atoms with van der Waals surface area (Å²) in [4.78, 5) is 12.1. The molecule has 0 saturated carbocycles. The van der Waals surface area contributed by atoms with Crippen molar-refractivity contribution < 1.29 is 13.2 Å². The van der Waals surface area contributed by atoms with Crippen LogP contribution in [0, 0.1) is 0 Å². The van der Waals surface area contributed by atoms with E-state index in [-0.39, 0.29) is 36.2 Å². The molecule has 0 aliphatic carbocycles. The van der Waals surface area contributed by atoms with Crippen molar-refractivity contribution in [3.8, 4) is 0 Å². The van der Waals surface area contributed by atoms with Gasteiger partial charge in [0.15, 0.2) is 0 Å². The van der Waals surface area contributed by atoms with E-state index >= 15 is 0 Å². The number of hydrogen-bond donors (Lipinski definition) is 3. The molecule has 0 spiro atoms. The van der Waals surface area contributed by atoms with Crippen LogP contribution in [-0.4, -0.2) is 33.0 Å². The number of benzene rings is 1. The van der Waals surface area contributed by atoms with Gasteiger partial charge in [-0.15, -0.1) is 12.4 Å². The molecule has 8 heteroatoms. The molecule has 1 unspecified atom stereocenters. The van der Waals surface area contributed by atoms with E-state index in [9.17, 15) is 13.2 Å². The molecule has 0 aromatic heterocycles. The fourth-order valence-corrected chi connectivity index (χ4v) is 4.18. The standard InChI is InChI=1S/C16H25N3O3S.ClH/c1-12(2)19-23(21,22)11-14-7-4-3-6-13(14)10-18-16(20)15-8-5-9-17-15;/h3-4,6-7,12,15,17,19H,5,8-11H2,1-2H3,(H,18,20);1H. The number of amides is 1. The molecule has 3 N–H and O–H groups in total. The van der Waals surface area contributed by atoms with Crippen LogP contribution >= 0.6 is 12.4 Å². The lowest BCUT2D eigenvalue weighted by Crippen LogP contribution is -2.40. The van der Waals surface area contributed by atoms with Gasteiger partial charge in [-0.25, -0.2) is 13.1 Å². The zero-order chi connectivity index (χ0) is 16.9. The average Bonchev–Trinajstić information content (AvgIpc) is 2.98.